The largest absolute Gasteiger partial charge is 0.378 e. The fourth-order valence-corrected chi connectivity index (χ4v) is 1.71. The van der Waals surface area contributed by atoms with Gasteiger partial charge in [-0.25, -0.2) is 0 Å². The van der Waals surface area contributed by atoms with Crippen molar-refractivity contribution in [3.8, 4) is 0 Å². The van der Waals surface area contributed by atoms with E-state index in [-0.39, 0.29) is 5.41 Å². The first kappa shape index (κ1) is 12.0. The third-order valence-corrected chi connectivity index (χ3v) is 3.10. The molecule has 1 aliphatic rings. The first-order valence-corrected chi connectivity index (χ1v) is 5.57. The minimum atomic E-state index is 0.211. The van der Waals surface area contributed by atoms with Gasteiger partial charge in [0, 0.05) is 19.7 Å². The molecule has 1 aliphatic heterocycles. The molecule has 14 heavy (non-hydrogen) atoms. The Morgan fingerprint density at radius 1 is 1.50 bits per heavy atom. The zero-order valence-corrected chi connectivity index (χ0v) is 9.68. The number of hydrogen-bond acceptors (Lipinski definition) is 3. The van der Waals surface area contributed by atoms with Gasteiger partial charge in [0.15, 0.2) is 0 Å². The fourth-order valence-electron chi connectivity index (χ4n) is 1.71. The molecule has 0 aromatic carbocycles. The summed E-state index contributed by atoms with van der Waals surface area (Å²) in [4.78, 5) is 0. The van der Waals surface area contributed by atoms with E-state index in [2.05, 4.69) is 26.1 Å². The first-order valence-electron chi connectivity index (χ1n) is 5.57. The van der Waals surface area contributed by atoms with Crippen LogP contribution in [0.1, 0.15) is 27.2 Å². The SMILES string of the molecule is CC1OCCC1CNCC(C)(C)CN. The predicted octanol–water partition coefficient (Wildman–Crippen LogP) is 0.986. The lowest BCUT2D eigenvalue weighted by Gasteiger charge is -2.24. The van der Waals surface area contributed by atoms with E-state index >= 15 is 0 Å². The molecule has 0 radical (unpaired) electrons. The predicted molar refractivity (Wildman–Crippen MR) is 59.2 cm³/mol. The van der Waals surface area contributed by atoms with Crippen molar-refractivity contribution in [2.24, 2.45) is 17.1 Å². The summed E-state index contributed by atoms with van der Waals surface area (Å²) < 4.78 is 5.51. The highest BCUT2D eigenvalue weighted by Gasteiger charge is 2.24. The van der Waals surface area contributed by atoms with Gasteiger partial charge in [0.1, 0.15) is 0 Å². The van der Waals surface area contributed by atoms with Crippen LogP contribution in [0.25, 0.3) is 0 Å². The Morgan fingerprint density at radius 3 is 2.71 bits per heavy atom. The van der Waals surface area contributed by atoms with Crippen LogP contribution >= 0.6 is 0 Å². The number of hydrogen-bond donors (Lipinski definition) is 2. The monoisotopic (exact) mass is 200 g/mol. The van der Waals surface area contributed by atoms with E-state index in [1.807, 2.05) is 0 Å². The van der Waals surface area contributed by atoms with Crippen LogP contribution < -0.4 is 11.1 Å². The van der Waals surface area contributed by atoms with E-state index in [1.165, 1.54) is 6.42 Å². The average molecular weight is 200 g/mol. The van der Waals surface area contributed by atoms with Crippen molar-refractivity contribution in [2.75, 3.05) is 26.2 Å². The Labute approximate surface area is 87.4 Å². The Kier molecular flexibility index (Phi) is 4.35. The summed E-state index contributed by atoms with van der Waals surface area (Å²) >= 11 is 0. The molecule has 0 amide bonds. The Morgan fingerprint density at radius 2 is 2.21 bits per heavy atom. The van der Waals surface area contributed by atoms with E-state index in [0.29, 0.717) is 12.0 Å². The van der Waals surface area contributed by atoms with E-state index in [4.69, 9.17) is 10.5 Å². The van der Waals surface area contributed by atoms with Crippen LogP contribution in [0, 0.1) is 11.3 Å². The molecule has 0 aromatic rings. The fraction of sp³-hybridized carbons (Fsp3) is 1.00. The molecule has 2 atom stereocenters. The van der Waals surface area contributed by atoms with Crippen molar-refractivity contribution < 1.29 is 4.74 Å². The quantitative estimate of drug-likeness (QED) is 0.695. The van der Waals surface area contributed by atoms with Crippen LogP contribution in [0.4, 0.5) is 0 Å². The van der Waals surface area contributed by atoms with Crippen molar-refractivity contribution >= 4 is 0 Å². The molecule has 0 aromatic heterocycles. The Hall–Kier alpha value is -0.120. The highest BCUT2D eigenvalue weighted by Crippen LogP contribution is 2.19. The molecular formula is C11H24N2O. The summed E-state index contributed by atoms with van der Waals surface area (Å²) in [5.41, 5.74) is 5.87. The molecule has 2 unspecified atom stereocenters. The van der Waals surface area contributed by atoms with E-state index in [0.717, 1.165) is 26.2 Å². The van der Waals surface area contributed by atoms with Crippen LogP contribution in [0.5, 0.6) is 0 Å². The molecule has 1 rings (SSSR count). The van der Waals surface area contributed by atoms with Gasteiger partial charge in [0.05, 0.1) is 6.10 Å². The molecule has 0 aliphatic carbocycles. The van der Waals surface area contributed by atoms with Gasteiger partial charge in [0.2, 0.25) is 0 Å². The molecule has 3 N–H and O–H groups in total. The molecule has 0 spiro atoms. The molecule has 1 fully saturated rings. The summed E-state index contributed by atoms with van der Waals surface area (Å²) in [7, 11) is 0. The minimum absolute atomic E-state index is 0.211. The summed E-state index contributed by atoms with van der Waals surface area (Å²) in [6, 6.07) is 0. The standard InChI is InChI=1S/C11H24N2O/c1-9-10(4-5-14-9)6-13-8-11(2,3)7-12/h9-10,13H,4-8,12H2,1-3H3. The lowest BCUT2D eigenvalue weighted by atomic mass is 9.93. The third-order valence-electron chi connectivity index (χ3n) is 3.10. The number of rotatable bonds is 5. The normalized spacial score (nSPS) is 28.3. The van der Waals surface area contributed by atoms with Crippen molar-refractivity contribution in [3.63, 3.8) is 0 Å². The summed E-state index contributed by atoms with van der Waals surface area (Å²) in [5, 5.41) is 3.49. The zero-order chi connectivity index (χ0) is 10.6. The third kappa shape index (κ3) is 3.56. The average Bonchev–Trinajstić information content (AvgIpc) is 2.52. The second kappa shape index (κ2) is 5.10. The maximum absolute atomic E-state index is 5.66. The van der Waals surface area contributed by atoms with Gasteiger partial charge in [-0.1, -0.05) is 13.8 Å². The molecule has 3 heteroatoms. The van der Waals surface area contributed by atoms with Crippen molar-refractivity contribution in [1.29, 1.82) is 0 Å². The van der Waals surface area contributed by atoms with Crippen LogP contribution in [0.15, 0.2) is 0 Å². The van der Waals surface area contributed by atoms with Crippen molar-refractivity contribution in [2.45, 2.75) is 33.3 Å². The number of nitrogens with one attached hydrogen (secondary N) is 1. The first-order chi connectivity index (χ1) is 6.55. The van der Waals surface area contributed by atoms with Gasteiger partial charge in [-0.05, 0) is 31.2 Å². The van der Waals surface area contributed by atoms with Gasteiger partial charge in [-0.3, -0.25) is 0 Å². The van der Waals surface area contributed by atoms with Crippen LogP contribution in [0.2, 0.25) is 0 Å². The van der Waals surface area contributed by atoms with Crippen LogP contribution in [-0.2, 0) is 4.74 Å². The zero-order valence-electron chi connectivity index (χ0n) is 9.68. The van der Waals surface area contributed by atoms with Crippen molar-refractivity contribution in [3.05, 3.63) is 0 Å². The molecule has 0 bridgehead atoms. The maximum Gasteiger partial charge on any atom is 0.0588 e. The molecule has 1 heterocycles. The number of nitrogens with two attached hydrogens (primary N) is 1. The topological polar surface area (TPSA) is 47.3 Å². The van der Waals surface area contributed by atoms with Gasteiger partial charge in [-0.2, -0.15) is 0 Å². The molecule has 3 nitrogen and oxygen atoms in total. The Balaban J connectivity index is 2.15. The molecule has 84 valence electrons. The van der Waals surface area contributed by atoms with E-state index in [9.17, 15) is 0 Å². The lowest BCUT2D eigenvalue weighted by Crippen LogP contribution is -2.38. The molecular weight excluding hydrogens is 176 g/mol. The summed E-state index contributed by atoms with van der Waals surface area (Å²) in [6.07, 6.45) is 1.61. The van der Waals surface area contributed by atoms with E-state index in [1.54, 1.807) is 0 Å². The number of ether oxygens (including phenoxy) is 1. The second-order valence-corrected chi connectivity index (χ2v) is 5.12. The maximum atomic E-state index is 5.66. The van der Waals surface area contributed by atoms with Gasteiger partial charge < -0.3 is 15.8 Å². The van der Waals surface area contributed by atoms with E-state index < -0.39 is 0 Å². The molecule has 0 saturated carbocycles. The van der Waals surface area contributed by atoms with Gasteiger partial charge in [-0.15, -0.1) is 0 Å². The second-order valence-electron chi connectivity index (χ2n) is 5.12. The summed E-state index contributed by atoms with van der Waals surface area (Å²) in [6.45, 7) is 10.2. The summed E-state index contributed by atoms with van der Waals surface area (Å²) in [5.74, 6) is 0.684. The van der Waals surface area contributed by atoms with Crippen LogP contribution in [0.3, 0.4) is 0 Å². The highest BCUT2D eigenvalue weighted by atomic mass is 16.5. The van der Waals surface area contributed by atoms with Crippen LogP contribution in [-0.4, -0.2) is 32.3 Å². The Bertz CT molecular complexity index is 171. The van der Waals surface area contributed by atoms with Gasteiger partial charge in [0.25, 0.3) is 0 Å². The van der Waals surface area contributed by atoms with Gasteiger partial charge >= 0.3 is 0 Å². The lowest BCUT2D eigenvalue weighted by molar-refractivity contribution is 0.105. The minimum Gasteiger partial charge on any atom is -0.378 e. The smallest absolute Gasteiger partial charge is 0.0588 e. The molecule has 1 saturated heterocycles. The highest BCUT2D eigenvalue weighted by molar-refractivity contribution is 4.77. The van der Waals surface area contributed by atoms with Crippen molar-refractivity contribution in [1.82, 2.24) is 5.32 Å².